The second kappa shape index (κ2) is 11.0. The van der Waals surface area contributed by atoms with Gasteiger partial charge in [-0.2, -0.15) is 0 Å². The van der Waals surface area contributed by atoms with Crippen molar-refractivity contribution in [3.05, 3.63) is 70.4 Å². The number of aromatic nitrogens is 1. The number of benzene rings is 1. The standard InChI is InChI=1S/C25H28N4O2S2/c1-19-5-7-20(8-6-19)18-22-24(31)29(25(32)33-22)13-10-23(30)28-16-14-27(15-17-28)12-9-21-4-2-3-11-26-21/h2-8,11,18H,9-10,12-17H2,1H3/b22-18-. The number of amides is 2. The molecule has 6 nitrogen and oxygen atoms in total. The number of thioether (sulfide) groups is 1. The van der Waals surface area contributed by atoms with Crippen LogP contribution in [0.15, 0.2) is 53.6 Å². The van der Waals surface area contributed by atoms with Crippen molar-refractivity contribution in [1.29, 1.82) is 0 Å². The maximum Gasteiger partial charge on any atom is 0.266 e. The van der Waals surface area contributed by atoms with Crippen molar-refractivity contribution in [2.24, 2.45) is 0 Å². The van der Waals surface area contributed by atoms with Gasteiger partial charge in [0.2, 0.25) is 5.91 Å². The summed E-state index contributed by atoms with van der Waals surface area (Å²) in [5.74, 6) is -0.0337. The van der Waals surface area contributed by atoms with Crippen LogP contribution in [0.25, 0.3) is 6.08 Å². The zero-order valence-electron chi connectivity index (χ0n) is 18.8. The zero-order chi connectivity index (χ0) is 23.2. The van der Waals surface area contributed by atoms with Crippen molar-refractivity contribution >= 4 is 46.2 Å². The van der Waals surface area contributed by atoms with Crippen molar-refractivity contribution < 1.29 is 9.59 Å². The molecule has 2 saturated heterocycles. The van der Waals surface area contributed by atoms with Gasteiger partial charge in [-0.1, -0.05) is 59.9 Å². The van der Waals surface area contributed by atoms with Crippen LogP contribution in [0.1, 0.15) is 23.2 Å². The topological polar surface area (TPSA) is 56.8 Å². The first kappa shape index (κ1) is 23.6. The van der Waals surface area contributed by atoms with E-state index in [-0.39, 0.29) is 18.2 Å². The van der Waals surface area contributed by atoms with Crippen LogP contribution in [-0.4, -0.2) is 75.1 Å². The summed E-state index contributed by atoms with van der Waals surface area (Å²) in [7, 11) is 0. The Hall–Kier alpha value is -2.55. The lowest BCUT2D eigenvalue weighted by molar-refractivity contribution is -0.133. The highest BCUT2D eigenvalue weighted by Gasteiger charge is 2.32. The summed E-state index contributed by atoms with van der Waals surface area (Å²) in [6, 6.07) is 14.0. The normalized spacial score (nSPS) is 18.4. The van der Waals surface area contributed by atoms with Crippen molar-refractivity contribution in [1.82, 2.24) is 19.7 Å². The minimum absolute atomic E-state index is 0.0796. The Balaban J connectivity index is 1.23. The fourth-order valence-corrected chi connectivity index (χ4v) is 5.22. The lowest BCUT2D eigenvalue weighted by Crippen LogP contribution is -2.49. The molecule has 3 heterocycles. The number of carbonyl (C=O) groups is 2. The van der Waals surface area contributed by atoms with Crippen LogP contribution in [0.2, 0.25) is 0 Å². The third-order valence-electron chi connectivity index (χ3n) is 5.93. The van der Waals surface area contributed by atoms with Gasteiger partial charge >= 0.3 is 0 Å². The Morgan fingerprint density at radius 2 is 1.85 bits per heavy atom. The van der Waals surface area contributed by atoms with Crippen molar-refractivity contribution in [2.45, 2.75) is 19.8 Å². The molecule has 0 atom stereocenters. The molecule has 172 valence electrons. The third kappa shape index (κ3) is 6.28. The van der Waals surface area contributed by atoms with Gasteiger partial charge in [0.25, 0.3) is 5.91 Å². The predicted octanol–water partition coefficient (Wildman–Crippen LogP) is 3.37. The zero-order valence-corrected chi connectivity index (χ0v) is 20.4. The molecule has 2 aliphatic rings. The summed E-state index contributed by atoms with van der Waals surface area (Å²) in [4.78, 5) is 36.4. The molecule has 0 unspecified atom stereocenters. The second-order valence-corrected chi connectivity index (χ2v) is 9.96. The average molecular weight is 481 g/mol. The van der Waals surface area contributed by atoms with E-state index >= 15 is 0 Å². The van der Waals surface area contributed by atoms with E-state index in [0.717, 1.165) is 37.3 Å². The molecule has 1 aromatic carbocycles. The molecule has 0 spiro atoms. The first-order valence-corrected chi connectivity index (χ1v) is 12.4. The molecule has 2 amide bonds. The molecule has 8 heteroatoms. The van der Waals surface area contributed by atoms with Crippen molar-refractivity contribution in [3.8, 4) is 0 Å². The van der Waals surface area contributed by atoms with Gasteiger partial charge in [0.15, 0.2) is 0 Å². The molecule has 0 aliphatic carbocycles. The van der Waals surface area contributed by atoms with Gasteiger partial charge in [0.05, 0.1) is 4.91 Å². The van der Waals surface area contributed by atoms with Crippen LogP contribution in [0.5, 0.6) is 0 Å². The Labute approximate surface area is 204 Å². The Morgan fingerprint density at radius 1 is 1.09 bits per heavy atom. The molecule has 0 saturated carbocycles. The van der Waals surface area contributed by atoms with Crippen LogP contribution in [0, 0.1) is 6.92 Å². The van der Waals surface area contributed by atoms with Crippen LogP contribution < -0.4 is 0 Å². The monoisotopic (exact) mass is 480 g/mol. The van der Waals surface area contributed by atoms with Gasteiger partial charge in [-0.15, -0.1) is 0 Å². The molecule has 2 aromatic rings. The van der Waals surface area contributed by atoms with Gasteiger partial charge in [0, 0.05) is 64.0 Å². The summed E-state index contributed by atoms with van der Waals surface area (Å²) in [5.41, 5.74) is 3.24. The number of hydrogen-bond acceptors (Lipinski definition) is 6. The SMILES string of the molecule is Cc1ccc(/C=C2\SC(=S)N(CCC(=O)N3CCN(CCc4ccccn4)CC3)C2=O)cc1. The summed E-state index contributed by atoms with van der Waals surface area (Å²) in [6.07, 6.45) is 4.89. The van der Waals surface area contributed by atoms with Crippen LogP contribution >= 0.6 is 24.0 Å². The lowest BCUT2D eigenvalue weighted by Gasteiger charge is -2.35. The van der Waals surface area contributed by atoms with Crippen molar-refractivity contribution in [2.75, 3.05) is 39.3 Å². The summed E-state index contributed by atoms with van der Waals surface area (Å²) < 4.78 is 0.519. The van der Waals surface area contributed by atoms with E-state index < -0.39 is 0 Å². The molecular formula is C25H28N4O2S2. The van der Waals surface area contributed by atoms with Gasteiger partial charge in [-0.05, 0) is 30.7 Å². The number of aryl methyl sites for hydroxylation is 1. The fraction of sp³-hybridized carbons (Fsp3) is 0.360. The highest BCUT2D eigenvalue weighted by atomic mass is 32.2. The van der Waals surface area contributed by atoms with Gasteiger partial charge in [0.1, 0.15) is 4.32 Å². The number of rotatable bonds is 7. The number of carbonyl (C=O) groups excluding carboxylic acids is 2. The first-order valence-electron chi connectivity index (χ1n) is 11.2. The summed E-state index contributed by atoms with van der Waals surface area (Å²) in [5, 5.41) is 0. The van der Waals surface area contributed by atoms with E-state index in [4.69, 9.17) is 12.2 Å². The van der Waals surface area contributed by atoms with Gasteiger partial charge in [-0.3, -0.25) is 24.4 Å². The molecule has 0 N–H and O–H groups in total. The van der Waals surface area contributed by atoms with Crippen molar-refractivity contribution in [3.63, 3.8) is 0 Å². The highest BCUT2D eigenvalue weighted by molar-refractivity contribution is 8.26. The number of nitrogens with zero attached hydrogens (tertiary/aromatic N) is 4. The Morgan fingerprint density at radius 3 is 2.55 bits per heavy atom. The average Bonchev–Trinajstić information content (AvgIpc) is 3.10. The van der Waals surface area contributed by atoms with E-state index in [1.807, 2.05) is 66.6 Å². The number of hydrogen-bond donors (Lipinski definition) is 0. The van der Waals surface area contributed by atoms with Crippen LogP contribution in [-0.2, 0) is 16.0 Å². The molecule has 2 aliphatic heterocycles. The Kier molecular flexibility index (Phi) is 7.90. The molecule has 2 fully saturated rings. The highest BCUT2D eigenvalue weighted by Crippen LogP contribution is 2.32. The number of pyridine rings is 1. The molecule has 0 bridgehead atoms. The van der Waals surface area contributed by atoms with E-state index in [1.165, 1.54) is 17.3 Å². The van der Waals surface area contributed by atoms with E-state index in [9.17, 15) is 9.59 Å². The molecule has 0 radical (unpaired) electrons. The summed E-state index contributed by atoms with van der Waals surface area (Å²) in [6.45, 7) is 6.46. The minimum atomic E-state index is -0.113. The third-order valence-corrected chi connectivity index (χ3v) is 7.31. The predicted molar refractivity (Wildman–Crippen MR) is 137 cm³/mol. The first-order chi connectivity index (χ1) is 16.0. The van der Waals surface area contributed by atoms with Crippen LogP contribution in [0.4, 0.5) is 0 Å². The smallest absolute Gasteiger partial charge is 0.266 e. The number of piperazine rings is 1. The van der Waals surface area contributed by atoms with Gasteiger partial charge < -0.3 is 4.90 Å². The van der Waals surface area contributed by atoms with E-state index in [0.29, 0.717) is 28.9 Å². The molecule has 1 aromatic heterocycles. The lowest BCUT2D eigenvalue weighted by atomic mass is 10.1. The van der Waals surface area contributed by atoms with E-state index in [2.05, 4.69) is 9.88 Å². The maximum absolute atomic E-state index is 12.8. The minimum Gasteiger partial charge on any atom is -0.340 e. The second-order valence-electron chi connectivity index (χ2n) is 8.29. The molecular weight excluding hydrogens is 452 g/mol. The van der Waals surface area contributed by atoms with Gasteiger partial charge in [-0.25, -0.2) is 0 Å². The largest absolute Gasteiger partial charge is 0.340 e. The Bertz CT molecular complexity index is 1030. The maximum atomic E-state index is 12.8. The van der Waals surface area contributed by atoms with E-state index in [1.54, 1.807) is 4.90 Å². The molecule has 4 rings (SSSR count). The fourth-order valence-electron chi connectivity index (χ4n) is 3.91. The number of thiocarbonyl (C=S) groups is 1. The van der Waals surface area contributed by atoms with Crippen LogP contribution in [0.3, 0.4) is 0 Å². The quantitative estimate of drug-likeness (QED) is 0.447. The summed E-state index contributed by atoms with van der Waals surface area (Å²) >= 11 is 6.72. The molecule has 33 heavy (non-hydrogen) atoms.